The number of hydrogen-bond donors (Lipinski definition) is 2. The maximum atomic E-state index is 13.4. The van der Waals surface area contributed by atoms with Crippen molar-refractivity contribution in [2.75, 3.05) is 11.9 Å². The van der Waals surface area contributed by atoms with E-state index in [1.807, 2.05) is 6.92 Å². The molecule has 0 aromatic heterocycles. The van der Waals surface area contributed by atoms with E-state index in [0.717, 1.165) is 12.5 Å². The Morgan fingerprint density at radius 3 is 2.68 bits per heavy atom. The second kappa shape index (κ2) is 7.40. The van der Waals surface area contributed by atoms with Crippen molar-refractivity contribution in [3.05, 3.63) is 28.8 Å². The van der Waals surface area contributed by atoms with Crippen LogP contribution >= 0.6 is 11.6 Å². The molecule has 0 bridgehead atoms. The molecule has 0 aliphatic heterocycles. The number of amides is 1. The molecular formula is C13H17ClF2N2O. The Hall–Kier alpha value is -1.20. The van der Waals surface area contributed by atoms with Gasteiger partial charge in [0.15, 0.2) is 5.82 Å². The van der Waals surface area contributed by atoms with E-state index in [1.54, 1.807) is 0 Å². The number of carbonyl (C=O) groups excluding carboxylic acids is 1. The first-order valence-corrected chi connectivity index (χ1v) is 6.46. The minimum atomic E-state index is -0.881. The van der Waals surface area contributed by atoms with Crippen molar-refractivity contribution >= 4 is 23.2 Å². The second-order valence-corrected chi connectivity index (χ2v) is 4.92. The number of nitrogens with two attached hydrogens (primary N) is 1. The van der Waals surface area contributed by atoms with E-state index < -0.39 is 11.6 Å². The van der Waals surface area contributed by atoms with E-state index in [2.05, 4.69) is 5.32 Å². The van der Waals surface area contributed by atoms with E-state index in [-0.39, 0.29) is 23.0 Å². The molecule has 1 unspecified atom stereocenters. The molecule has 0 aliphatic carbocycles. The van der Waals surface area contributed by atoms with Gasteiger partial charge >= 0.3 is 0 Å². The van der Waals surface area contributed by atoms with Crippen LogP contribution in [0.25, 0.3) is 0 Å². The molecule has 0 spiro atoms. The van der Waals surface area contributed by atoms with E-state index in [9.17, 15) is 13.6 Å². The lowest BCUT2D eigenvalue weighted by Gasteiger charge is -2.11. The number of nitrogens with one attached hydrogen (secondary N) is 1. The second-order valence-electron chi connectivity index (χ2n) is 4.51. The Balaban J connectivity index is 2.58. The molecule has 1 atom stereocenters. The van der Waals surface area contributed by atoms with Gasteiger partial charge in [0, 0.05) is 12.5 Å². The molecular weight excluding hydrogens is 274 g/mol. The zero-order valence-corrected chi connectivity index (χ0v) is 11.4. The fraction of sp³-hybridized carbons (Fsp3) is 0.462. The molecule has 106 valence electrons. The zero-order valence-electron chi connectivity index (χ0n) is 10.7. The minimum Gasteiger partial charge on any atom is -0.330 e. The van der Waals surface area contributed by atoms with Crippen LogP contribution in [-0.4, -0.2) is 12.5 Å². The SMILES string of the molecule is CC(CCN)CCC(=O)Nc1c(F)cc(F)cc1Cl. The van der Waals surface area contributed by atoms with Crippen LogP contribution in [0.1, 0.15) is 26.2 Å². The van der Waals surface area contributed by atoms with Gasteiger partial charge in [-0.1, -0.05) is 18.5 Å². The average molecular weight is 291 g/mol. The third kappa shape index (κ3) is 5.12. The number of halogens is 3. The molecule has 3 N–H and O–H groups in total. The summed E-state index contributed by atoms with van der Waals surface area (Å²) in [4.78, 5) is 11.6. The van der Waals surface area contributed by atoms with Crippen molar-refractivity contribution in [3.63, 3.8) is 0 Å². The molecule has 1 amide bonds. The zero-order chi connectivity index (χ0) is 14.4. The van der Waals surface area contributed by atoms with Gasteiger partial charge in [-0.15, -0.1) is 0 Å². The molecule has 1 rings (SSSR count). The Labute approximate surface area is 116 Å². The summed E-state index contributed by atoms with van der Waals surface area (Å²) in [6.07, 6.45) is 1.73. The number of anilines is 1. The summed E-state index contributed by atoms with van der Waals surface area (Å²) >= 11 is 5.68. The summed E-state index contributed by atoms with van der Waals surface area (Å²) in [6.45, 7) is 2.56. The summed E-state index contributed by atoms with van der Waals surface area (Å²) < 4.78 is 26.3. The number of rotatable bonds is 6. The van der Waals surface area contributed by atoms with Crippen LogP contribution in [0.2, 0.25) is 5.02 Å². The third-order valence-electron chi connectivity index (χ3n) is 2.79. The fourth-order valence-corrected chi connectivity index (χ4v) is 1.91. The predicted molar refractivity (Wildman–Crippen MR) is 72.1 cm³/mol. The molecule has 0 aliphatic rings. The number of benzene rings is 1. The van der Waals surface area contributed by atoms with Crippen molar-refractivity contribution in [3.8, 4) is 0 Å². The largest absolute Gasteiger partial charge is 0.330 e. The molecule has 0 radical (unpaired) electrons. The lowest BCUT2D eigenvalue weighted by molar-refractivity contribution is -0.116. The first-order valence-electron chi connectivity index (χ1n) is 6.08. The van der Waals surface area contributed by atoms with Gasteiger partial charge in [0.25, 0.3) is 0 Å². The van der Waals surface area contributed by atoms with Gasteiger partial charge in [-0.25, -0.2) is 8.78 Å². The first kappa shape index (κ1) is 15.9. The van der Waals surface area contributed by atoms with Crippen LogP contribution in [0.5, 0.6) is 0 Å². The lowest BCUT2D eigenvalue weighted by Crippen LogP contribution is -2.15. The monoisotopic (exact) mass is 290 g/mol. The quantitative estimate of drug-likeness (QED) is 0.844. The van der Waals surface area contributed by atoms with Crippen LogP contribution in [0.4, 0.5) is 14.5 Å². The minimum absolute atomic E-state index is 0.152. The fourth-order valence-electron chi connectivity index (χ4n) is 1.67. The Morgan fingerprint density at radius 2 is 2.11 bits per heavy atom. The van der Waals surface area contributed by atoms with E-state index in [1.165, 1.54) is 0 Å². The van der Waals surface area contributed by atoms with Crippen LogP contribution < -0.4 is 11.1 Å². The van der Waals surface area contributed by atoms with Crippen LogP contribution in [-0.2, 0) is 4.79 Å². The van der Waals surface area contributed by atoms with E-state index in [4.69, 9.17) is 17.3 Å². The molecule has 3 nitrogen and oxygen atoms in total. The van der Waals surface area contributed by atoms with Crippen LogP contribution in [0, 0.1) is 17.6 Å². The predicted octanol–water partition coefficient (Wildman–Crippen LogP) is 3.32. The summed E-state index contributed by atoms with van der Waals surface area (Å²) in [7, 11) is 0. The summed E-state index contributed by atoms with van der Waals surface area (Å²) in [5.41, 5.74) is 5.23. The summed E-state index contributed by atoms with van der Waals surface area (Å²) in [5, 5.41) is 2.21. The van der Waals surface area contributed by atoms with Gasteiger partial charge in [0.2, 0.25) is 5.91 Å². The molecule has 6 heteroatoms. The van der Waals surface area contributed by atoms with Gasteiger partial charge in [0.05, 0.1) is 10.7 Å². The maximum Gasteiger partial charge on any atom is 0.224 e. The van der Waals surface area contributed by atoms with Crippen molar-refractivity contribution in [1.82, 2.24) is 0 Å². The molecule has 1 aromatic carbocycles. The Bertz CT molecular complexity index is 431. The number of hydrogen-bond acceptors (Lipinski definition) is 2. The third-order valence-corrected chi connectivity index (χ3v) is 3.09. The van der Waals surface area contributed by atoms with Gasteiger partial charge in [0.1, 0.15) is 5.82 Å². The Morgan fingerprint density at radius 1 is 1.42 bits per heavy atom. The van der Waals surface area contributed by atoms with Crippen molar-refractivity contribution in [1.29, 1.82) is 0 Å². The molecule has 1 aromatic rings. The highest BCUT2D eigenvalue weighted by Crippen LogP contribution is 2.26. The standard InChI is InChI=1S/C13H17ClF2N2O/c1-8(4-5-17)2-3-12(19)18-13-10(14)6-9(15)7-11(13)16/h6-8H,2-5,17H2,1H3,(H,18,19). The highest BCUT2D eigenvalue weighted by Gasteiger charge is 2.13. The lowest BCUT2D eigenvalue weighted by atomic mass is 10.0. The van der Waals surface area contributed by atoms with Crippen LogP contribution in [0.3, 0.4) is 0 Å². The molecule has 0 heterocycles. The van der Waals surface area contributed by atoms with Gasteiger partial charge in [-0.3, -0.25) is 4.79 Å². The average Bonchev–Trinajstić information content (AvgIpc) is 2.31. The van der Waals surface area contributed by atoms with Gasteiger partial charge in [-0.05, 0) is 31.4 Å². The van der Waals surface area contributed by atoms with Gasteiger partial charge < -0.3 is 11.1 Å². The molecule has 0 fully saturated rings. The highest BCUT2D eigenvalue weighted by molar-refractivity contribution is 6.33. The maximum absolute atomic E-state index is 13.4. The first-order chi connectivity index (χ1) is 8.93. The summed E-state index contributed by atoms with van der Waals surface area (Å²) in [5.74, 6) is -1.69. The molecule has 0 saturated heterocycles. The van der Waals surface area contributed by atoms with Crippen LogP contribution in [0.15, 0.2) is 12.1 Å². The van der Waals surface area contributed by atoms with E-state index >= 15 is 0 Å². The van der Waals surface area contributed by atoms with Crippen molar-refractivity contribution in [2.24, 2.45) is 11.7 Å². The smallest absolute Gasteiger partial charge is 0.224 e. The molecule has 19 heavy (non-hydrogen) atoms. The molecule has 0 saturated carbocycles. The van der Waals surface area contributed by atoms with Crippen molar-refractivity contribution in [2.45, 2.75) is 26.2 Å². The highest BCUT2D eigenvalue weighted by atomic mass is 35.5. The normalized spacial score (nSPS) is 12.3. The van der Waals surface area contributed by atoms with Crippen molar-refractivity contribution < 1.29 is 13.6 Å². The summed E-state index contributed by atoms with van der Waals surface area (Å²) in [6, 6.07) is 1.63. The Kier molecular flexibility index (Phi) is 6.18. The topological polar surface area (TPSA) is 55.1 Å². The number of carbonyl (C=O) groups is 1. The van der Waals surface area contributed by atoms with E-state index in [0.29, 0.717) is 24.9 Å². The van der Waals surface area contributed by atoms with Gasteiger partial charge in [-0.2, -0.15) is 0 Å².